The third-order valence-corrected chi connectivity index (χ3v) is 0.590. The van der Waals surface area contributed by atoms with Crippen molar-refractivity contribution in [1.82, 2.24) is 0 Å². The topological polar surface area (TPSA) is 63.6 Å². The fourth-order valence-electron chi connectivity index (χ4n) is 0. The number of halogens is 1. The molecule has 5 heteroatoms. The van der Waals surface area contributed by atoms with Crippen molar-refractivity contribution in [3.63, 3.8) is 0 Å². The molecule has 1 N–H and O–H groups in total. The summed E-state index contributed by atoms with van der Waals surface area (Å²) in [5, 5.41) is 7.72. The van der Waals surface area contributed by atoms with Gasteiger partial charge in [0, 0.05) is 13.3 Å². The van der Waals surface area contributed by atoms with Crippen molar-refractivity contribution >= 4 is 35.9 Å². The molecule has 68 valence electrons. The van der Waals surface area contributed by atoms with Crippen molar-refractivity contribution in [3.05, 3.63) is 0 Å². The Bertz CT molecular complexity index is 99.1. The summed E-state index contributed by atoms with van der Waals surface area (Å²) < 4.78 is 4.11. The first-order valence-corrected chi connectivity index (χ1v) is 2.80. The molecule has 0 atom stereocenters. The van der Waals surface area contributed by atoms with Gasteiger partial charge in [0.05, 0.1) is 7.11 Å². The zero-order valence-electron chi connectivity index (χ0n) is 6.79. The van der Waals surface area contributed by atoms with Crippen LogP contribution in [0.25, 0.3) is 0 Å². The van der Waals surface area contributed by atoms with Crippen LogP contribution in [0, 0.1) is 0 Å². The first kappa shape index (κ1) is 17.0. The molecular weight excluding hydrogens is 263 g/mol. The SMILES string of the molecule is CCC(=O)O.COC(C)=O.I. The van der Waals surface area contributed by atoms with E-state index < -0.39 is 5.97 Å². The van der Waals surface area contributed by atoms with Gasteiger partial charge in [-0.25, -0.2) is 0 Å². The molecule has 0 aromatic rings. The first-order valence-electron chi connectivity index (χ1n) is 2.80. The van der Waals surface area contributed by atoms with Gasteiger partial charge in [-0.2, -0.15) is 0 Å². The van der Waals surface area contributed by atoms with Crippen LogP contribution in [0.4, 0.5) is 0 Å². The van der Waals surface area contributed by atoms with Crippen LogP contribution in [0.3, 0.4) is 0 Å². The molecule has 0 saturated heterocycles. The predicted molar refractivity (Wildman–Crippen MR) is 51.0 cm³/mol. The van der Waals surface area contributed by atoms with Gasteiger partial charge < -0.3 is 9.84 Å². The molecule has 0 aliphatic heterocycles. The van der Waals surface area contributed by atoms with E-state index in [-0.39, 0.29) is 36.4 Å². The molecule has 4 nitrogen and oxygen atoms in total. The molecule has 0 aliphatic carbocycles. The van der Waals surface area contributed by atoms with E-state index >= 15 is 0 Å². The van der Waals surface area contributed by atoms with Crippen LogP contribution in [-0.4, -0.2) is 24.2 Å². The average molecular weight is 276 g/mol. The fraction of sp³-hybridized carbons (Fsp3) is 0.667. The van der Waals surface area contributed by atoms with E-state index in [4.69, 9.17) is 5.11 Å². The lowest BCUT2D eigenvalue weighted by atomic mass is 10.5. The Morgan fingerprint density at radius 2 is 1.64 bits per heavy atom. The van der Waals surface area contributed by atoms with E-state index in [2.05, 4.69) is 4.74 Å². The molecule has 0 radical (unpaired) electrons. The first-order chi connectivity index (χ1) is 4.54. The Morgan fingerprint density at radius 3 is 1.64 bits per heavy atom. The smallest absolute Gasteiger partial charge is 0.303 e. The number of methoxy groups -OCH3 is 1. The van der Waals surface area contributed by atoms with Crippen LogP contribution in [0.2, 0.25) is 0 Å². The van der Waals surface area contributed by atoms with Crippen molar-refractivity contribution in [2.45, 2.75) is 20.3 Å². The number of carbonyl (C=O) groups excluding carboxylic acids is 1. The summed E-state index contributed by atoms with van der Waals surface area (Å²) >= 11 is 0. The second-order valence-electron chi connectivity index (χ2n) is 1.44. The van der Waals surface area contributed by atoms with E-state index in [1.54, 1.807) is 6.92 Å². The van der Waals surface area contributed by atoms with Crippen LogP contribution >= 0.6 is 24.0 Å². The van der Waals surface area contributed by atoms with Crippen LogP contribution < -0.4 is 0 Å². The van der Waals surface area contributed by atoms with Gasteiger partial charge in [-0.05, 0) is 0 Å². The summed E-state index contributed by atoms with van der Waals surface area (Å²) in [6.45, 7) is 2.96. The Hall–Kier alpha value is -0.330. The van der Waals surface area contributed by atoms with E-state index in [1.165, 1.54) is 14.0 Å². The number of ether oxygens (including phenoxy) is 1. The normalized spacial score (nSPS) is 6.45. The largest absolute Gasteiger partial charge is 0.481 e. The number of rotatable bonds is 1. The van der Waals surface area contributed by atoms with E-state index in [0.717, 1.165) is 0 Å². The molecule has 0 spiro atoms. The third-order valence-electron chi connectivity index (χ3n) is 0.590. The van der Waals surface area contributed by atoms with E-state index in [1.807, 2.05) is 0 Å². The van der Waals surface area contributed by atoms with Crippen molar-refractivity contribution in [2.75, 3.05) is 7.11 Å². The number of hydrogen-bond donors (Lipinski definition) is 1. The Labute approximate surface area is 82.9 Å². The van der Waals surface area contributed by atoms with Gasteiger partial charge in [0.25, 0.3) is 0 Å². The fourth-order valence-corrected chi connectivity index (χ4v) is 0. The number of carboxylic acid groups (broad SMARTS) is 1. The lowest BCUT2D eigenvalue weighted by Crippen LogP contribution is -1.88. The molecule has 0 bridgehead atoms. The number of carbonyl (C=O) groups is 2. The lowest BCUT2D eigenvalue weighted by Gasteiger charge is -1.80. The highest BCUT2D eigenvalue weighted by Gasteiger charge is 1.80. The van der Waals surface area contributed by atoms with E-state index in [9.17, 15) is 9.59 Å². The van der Waals surface area contributed by atoms with Crippen molar-refractivity contribution < 1.29 is 19.4 Å². The van der Waals surface area contributed by atoms with Gasteiger partial charge in [-0.3, -0.25) is 9.59 Å². The molecule has 0 unspecified atom stereocenters. The molecule has 0 amide bonds. The highest BCUT2D eigenvalue weighted by molar-refractivity contribution is 14.0. The van der Waals surface area contributed by atoms with Gasteiger partial charge in [-0.15, -0.1) is 24.0 Å². The second-order valence-corrected chi connectivity index (χ2v) is 1.44. The van der Waals surface area contributed by atoms with Crippen LogP contribution in [-0.2, 0) is 14.3 Å². The second kappa shape index (κ2) is 12.4. The molecule has 0 rings (SSSR count). The molecule has 0 aromatic carbocycles. The minimum Gasteiger partial charge on any atom is -0.481 e. The molecule has 0 aliphatic rings. The predicted octanol–water partition coefficient (Wildman–Crippen LogP) is 1.28. The maximum atomic E-state index is 9.59. The maximum Gasteiger partial charge on any atom is 0.303 e. The van der Waals surface area contributed by atoms with Crippen LogP contribution in [0.15, 0.2) is 0 Å². The van der Waals surface area contributed by atoms with Crippen molar-refractivity contribution in [2.24, 2.45) is 0 Å². The quantitative estimate of drug-likeness (QED) is 0.578. The molecular formula is C6H13IO4. The summed E-state index contributed by atoms with van der Waals surface area (Å²) in [4.78, 5) is 19.0. The number of esters is 1. The summed E-state index contributed by atoms with van der Waals surface area (Å²) in [5.74, 6) is -0.991. The summed E-state index contributed by atoms with van der Waals surface area (Å²) in [6, 6.07) is 0. The molecule has 0 aromatic heterocycles. The minimum atomic E-state index is -0.745. The summed E-state index contributed by atoms with van der Waals surface area (Å²) in [7, 11) is 1.35. The van der Waals surface area contributed by atoms with Crippen molar-refractivity contribution in [1.29, 1.82) is 0 Å². The zero-order chi connectivity index (χ0) is 8.57. The van der Waals surface area contributed by atoms with Gasteiger partial charge >= 0.3 is 11.9 Å². The monoisotopic (exact) mass is 276 g/mol. The Morgan fingerprint density at radius 1 is 1.45 bits per heavy atom. The Kier molecular flexibility index (Phi) is 19.1. The van der Waals surface area contributed by atoms with Crippen LogP contribution in [0.5, 0.6) is 0 Å². The standard InChI is InChI=1S/2C3H6O2.HI/c1-3(4)5-2;1-2-3(4)5;/h1-2H3;2H2,1H3,(H,4,5);1H. The molecule has 0 heterocycles. The summed E-state index contributed by atoms with van der Waals surface area (Å²) in [5.41, 5.74) is 0. The molecule has 0 saturated carbocycles. The number of hydrogen-bond acceptors (Lipinski definition) is 3. The highest BCUT2D eigenvalue weighted by Crippen LogP contribution is 1.67. The van der Waals surface area contributed by atoms with Gasteiger partial charge in [0.2, 0.25) is 0 Å². The van der Waals surface area contributed by atoms with Crippen LogP contribution in [0.1, 0.15) is 20.3 Å². The highest BCUT2D eigenvalue weighted by atomic mass is 127. The van der Waals surface area contributed by atoms with Gasteiger partial charge in [0.15, 0.2) is 0 Å². The molecule has 0 fully saturated rings. The minimum absolute atomic E-state index is 0. The lowest BCUT2D eigenvalue weighted by molar-refractivity contribution is -0.138. The van der Waals surface area contributed by atoms with Gasteiger partial charge in [0.1, 0.15) is 0 Å². The van der Waals surface area contributed by atoms with E-state index in [0.29, 0.717) is 0 Å². The average Bonchev–Trinajstić information content (AvgIpc) is 1.89. The van der Waals surface area contributed by atoms with Crippen molar-refractivity contribution in [3.8, 4) is 0 Å². The number of carboxylic acids is 1. The molecule has 11 heavy (non-hydrogen) atoms. The number of aliphatic carboxylic acids is 1. The summed E-state index contributed by atoms with van der Waals surface area (Å²) in [6.07, 6.45) is 0.222. The Balaban J connectivity index is -0.000000107. The third kappa shape index (κ3) is 42.2. The van der Waals surface area contributed by atoms with Gasteiger partial charge in [-0.1, -0.05) is 6.92 Å². The maximum absolute atomic E-state index is 9.59. The zero-order valence-corrected chi connectivity index (χ0v) is 9.12.